The van der Waals surface area contributed by atoms with E-state index in [0.29, 0.717) is 22.8 Å². The third-order valence-electron chi connectivity index (χ3n) is 5.39. The lowest BCUT2D eigenvalue weighted by atomic mass is 9.99. The van der Waals surface area contributed by atoms with Crippen molar-refractivity contribution in [1.29, 1.82) is 0 Å². The molecule has 1 unspecified atom stereocenters. The van der Waals surface area contributed by atoms with Crippen molar-refractivity contribution in [2.45, 2.75) is 6.04 Å². The van der Waals surface area contributed by atoms with E-state index in [9.17, 15) is 23.5 Å². The molecule has 0 bridgehead atoms. The number of hydrogen-bond donors (Lipinski definition) is 1. The number of nitrogens with zero attached hydrogens (tertiary/aromatic N) is 1. The summed E-state index contributed by atoms with van der Waals surface area (Å²) >= 11 is 0. The summed E-state index contributed by atoms with van der Waals surface area (Å²) in [5.74, 6) is -4.31. The van der Waals surface area contributed by atoms with Gasteiger partial charge in [0.1, 0.15) is 23.4 Å². The first-order chi connectivity index (χ1) is 15.9. The summed E-state index contributed by atoms with van der Waals surface area (Å²) in [7, 11) is 1.45. The Balaban J connectivity index is 1.65. The number of para-hydroxylation sites is 1. The Kier molecular flexibility index (Phi) is 4.74. The normalized spacial score (nSPS) is 16.2. The molecule has 1 amide bonds. The fraction of sp³-hybridized carbons (Fsp3) is 0.0833. The molecular formula is C24H15F2NO6. The molecule has 0 radical (unpaired) electrons. The molecule has 1 aliphatic heterocycles. The fourth-order valence-electron chi connectivity index (χ4n) is 3.92. The highest BCUT2D eigenvalue weighted by Crippen LogP contribution is 2.43. The number of methoxy groups -OCH3 is 1. The van der Waals surface area contributed by atoms with Crippen molar-refractivity contribution in [3.8, 4) is 5.75 Å². The Morgan fingerprint density at radius 3 is 2.64 bits per heavy atom. The number of anilines is 1. The zero-order valence-electron chi connectivity index (χ0n) is 17.0. The van der Waals surface area contributed by atoms with Crippen LogP contribution in [0.3, 0.4) is 0 Å². The minimum Gasteiger partial charge on any atom is -0.503 e. The number of Topliss-reactive ketones (excluding diaryl/α,β-unsaturated/α-hetero) is 1. The molecule has 9 heteroatoms. The molecule has 0 saturated carbocycles. The van der Waals surface area contributed by atoms with Crippen molar-refractivity contribution >= 4 is 28.3 Å². The van der Waals surface area contributed by atoms with E-state index in [1.165, 1.54) is 31.6 Å². The summed E-state index contributed by atoms with van der Waals surface area (Å²) in [6.07, 6.45) is 1.31. The molecule has 33 heavy (non-hydrogen) atoms. The molecule has 0 spiro atoms. The minimum atomic E-state index is -1.31. The molecule has 1 atom stereocenters. The molecule has 7 nitrogen and oxygen atoms in total. The second-order valence-electron chi connectivity index (χ2n) is 7.27. The van der Waals surface area contributed by atoms with Gasteiger partial charge in [0.15, 0.2) is 22.9 Å². The maximum absolute atomic E-state index is 14.6. The second-order valence-corrected chi connectivity index (χ2v) is 7.27. The summed E-state index contributed by atoms with van der Waals surface area (Å²) in [5.41, 5.74) is -0.385. The Bertz CT molecular complexity index is 1440. The van der Waals surface area contributed by atoms with Crippen molar-refractivity contribution in [3.63, 3.8) is 0 Å². The number of aliphatic hydroxyl groups is 1. The number of halogens is 2. The lowest BCUT2D eigenvalue weighted by Gasteiger charge is -2.25. The largest absolute Gasteiger partial charge is 0.503 e. The number of ketones is 1. The number of carbonyl (C=O) groups excluding carboxylic acids is 2. The van der Waals surface area contributed by atoms with Crippen LogP contribution in [0.4, 0.5) is 14.5 Å². The van der Waals surface area contributed by atoms with Gasteiger partial charge in [-0.25, -0.2) is 8.78 Å². The number of furan rings is 2. The highest BCUT2D eigenvalue weighted by atomic mass is 19.1. The van der Waals surface area contributed by atoms with E-state index in [1.54, 1.807) is 18.2 Å². The van der Waals surface area contributed by atoms with E-state index >= 15 is 0 Å². The van der Waals surface area contributed by atoms with Crippen molar-refractivity contribution in [3.05, 3.63) is 95.3 Å². The summed E-state index contributed by atoms with van der Waals surface area (Å²) < 4.78 is 44.4. The topological polar surface area (TPSA) is 93.1 Å². The third-order valence-corrected chi connectivity index (χ3v) is 5.39. The Morgan fingerprint density at radius 2 is 1.94 bits per heavy atom. The standard InChI is InChI=1S/C24H15F2NO6/c1-31-17-5-2-4-12-10-18(33-23(12)17)21(28)19-20(16-6-3-9-32-16)27(24(30)22(19)29)15-8-7-13(25)11-14(15)26/h2-11,20,29H,1H3. The average molecular weight is 451 g/mol. The van der Waals surface area contributed by atoms with Crippen molar-refractivity contribution in [2.75, 3.05) is 12.0 Å². The highest BCUT2D eigenvalue weighted by molar-refractivity contribution is 6.20. The number of amides is 1. The van der Waals surface area contributed by atoms with Gasteiger partial charge in [-0.3, -0.25) is 14.5 Å². The van der Waals surface area contributed by atoms with Crippen LogP contribution in [0.15, 0.2) is 81.0 Å². The van der Waals surface area contributed by atoms with Crippen LogP contribution in [0.25, 0.3) is 11.0 Å². The van der Waals surface area contributed by atoms with Gasteiger partial charge < -0.3 is 18.7 Å². The maximum Gasteiger partial charge on any atom is 0.294 e. The Hall–Kier alpha value is -4.40. The Labute approximate surface area is 185 Å². The van der Waals surface area contributed by atoms with Crippen LogP contribution in [0, 0.1) is 11.6 Å². The predicted octanol–water partition coefficient (Wildman–Crippen LogP) is 5.10. The second kappa shape index (κ2) is 7.63. The van der Waals surface area contributed by atoms with Gasteiger partial charge in [-0.2, -0.15) is 0 Å². The summed E-state index contributed by atoms with van der Waals surface area (Å²) in [5, 5.41) is 11.2. The van der Waals surface area contributed by atoms with Gasteiger partial charge in [0, 0.05) is 11.5 Å². The molecule has 1 N–H and O–H groups in total. The maximum atomic E-state index is 14.6. The summed E-state index contributed by atoms with van der Waals surface area (Å²) in [6.45, 7) is 0. The van der Waals surface area contributed by atoms with E-state index in [0.717, 1.165) is 17.0 Å². The van der Waals surface area contributed by atoms with Gasteiger partial charge in [0.05, 0.1) is 24.6 Å². The number of hydrogen-bond acceptors (Lipinski definition) is 6. The van der Waals surface area contributed by atoms with Crippen molar-refractivity contribution < 1.29 is 37.0 Å². The van der Waals surface area contributed by atoms with Gasteiger partial charge in [0.25, 0.3) is 5.91 Å². The minimum absolute atomic E-state index is 0.0909. The molecule has 2 aromatic heterocycles. The SMILES string of the molecule is COc1cccc2cc(C(=O)C3=C(O)C(=O)N(c4ccc(F)cc4F)C3c3ccco3)oc12. The van der Waals surface area contributed by atoms with Crippen molar-refractivity contribution in [1.82, 2.24) is 0 Å². The smallest absolute Gasteiger partial charge is 0.294 e. The quantitative estimate of drug-likeness (QED) is 0.425. The molecule has 0 aliphatic carbocycles. The van der Waals surface area contributed by atoms with Crippen LogP contribution < -0.4 is 9.64 Å². The van der Waals surface area contributed by atoms with Crippen LogP contribution in [0.5, 0.6) is 5.75 Å². The first-order valence-electron chi connectivity index (χ1n) is 9.77. The van der Waals surface area contributed by atoms with E-state index in [2.05, 4.69) is 0 Å². The van der Waals surface area contributed by atoms with Crippen LogP contribution in [0.1, 0.15) is 22.4 Å². The molecular weight excluding hydrogens is 436 g/mol. The number of rotatable bonds is 5. The number of aliphatic hydroxyl groups excluding tert-OH is 1. The molecule has 0 saturated heterocycles. The van der Waals surface area contributed by atoms with Crippen LogP contribution in [-0.4, -0.2) is 23.9 Å². The molecule has 4 aromatic rings. The van der Waals surface area contributed by atoms with Gasteiger partial charge in [-0.15, -0.1) is 0 Å². The molecule has 166 valence electrons. The fourth-order valence-corrected chi connectivity index (χ4v) is 3.92. The Morgan fingerprint density at radius 1 is 1.12 bits per heavy atom. The van der Waals surface area contributed by atoms with E-state index in [-0.39, 0.29) is 22.8 Å². The first kappa shape index (κ1) is 20.5. The van der Waals surface area contributed by atoms with Crippen LogP contribution >= 0.6 is 0 Å². The van der Waals surface area contributed by atoms with E-state index < -0.39 is 35.1 Å². The van der Waals surface area contributed by atoms with Gasteiger partial charge in [-0.05, 0) is 36.4 Å². The first-order valence-corrected chi connectivity index (χ1v) is 9.77. The predicted molar refractivity (Wildman–Crippen MR) is 112 cm³/mol. The van der Waals surface area contributed by atoms with Crippen LogP contribution in [0.2, 0.25) is 0 Å². The van der Waals surface area contributed by atoms with Gasteiger partial charge >= 0.3 is 0 Å². The van der Waals surface area contributed by atoms with E-state index in [4.69, 9.17) is 13.6 Å². The zero-order chi connectivity index (χ0) is 23.3. The van der Waals surface area contributed by atoms with Gasteiger partial charge in [0.2, 0.25) is 5.78 Å². The average Bonchev–Trinajstić information content (AvgIpc) is 3.53. The van der Waals surface area contributed by atoms with Crippen molar-refractivity contribution in [2.24, 2.45) is 0 Å². The molecule has 2 aromatic carbocycles. The summed E-state index contributed by atoms with van der Waals surface area (Å²) in [6, 6.07) is 10.8. The zero-order valence-corrected chi connectivity index (χ0v) is 17.0. The van der Waals surface area contributed by atoms with E-state index in [1.807, 2.05) is 0 Å². The molecule has 0 fully saturated rings. The highest BCUT2D eigenvalue weighted by Gasteiger charge is 2.47. The number of benzene rings is 2. The lowest BCUT2D eigenvalue weighted by molar-refractivity contribution is -0.117. The summed E-state index contributed by atoms with van der Waals surface area (Å²) in [4.78, 5) is 27.3. The monoisotopic (exact) mass is 451 g/mol. The number of ether oxygens (including phenoxy) is 1. The molecule has 5 rings (SSSR count). The molecule has 3 heterocycles. The molecule has 1 aliphatic rings. The number of carbonyl (C=O) groups is 2. The number of fused-ring (bicyclic) bond motifs is 1. The third kappa shape index (κ3) is 3.16. The van der Waals surface area contributed by atoms with Gasteiger partial charge in [-0.1, -0.05) is 12.1 Å². The lowest BCUT2D eigenvalue weighted by Crippen LogP contribution is -2.31. The van der Waals surface area contributed by atoms with Crippen LogP contribution in [-0.2, 0) is 4.79 Å².